The van der Waals surface area contributed by atoms with E-state index >= 15 is 0 Å². The molecule has 2 aromatic heterocycles. The molecule has 0 spiro atoms. The maximum Gasteiger partial charge on any atom is 0.235 e. The normalized spacial score (nSPS) is 17.4. The van der Waals surface area contributed by atoms with Gasteiger partial charge in [-0.3, -0.25) is 15.0 Å². The predicted molar refractivity (Wildman–Crippen MR) is 90.6 cm³/mol. The van der Waals surface area contributed by atoms with Crippen molar-refractivity contribution >= 4 is 35.1 Å². The topological polar surface area (TPSA) is 86.5 Å². The maximum absolute atomic E-state index is 11.8. The summed E-state index contributed by atoms with van der Waals surface area (Å²) in [5, 5.41) is 17.6. The van der Waals surface area contributed by atoms with Gasteiger partial charge in [-0.15, -0.1) is 11.8 Å². The first-order chi connectivity index (χ1) is 11.2. The number of hydrogen-bond donors (Lipinski definition) is 3. The van der Waals surface area contributed by atoms with Crippen molar-refractivity contribution in [2.45, 2.75) is 5.25 Å². The standard InChI is InChI=1S/C15H12ClN5OS/c16-9-3-1-8(2-4-9)13-10(5-17-20-13)14-11-6-18-21-15(11)19-12(22)7-23-14/h1-6,14H,7H2,(H,17,20)(H2,18,19,21,22)/t14-/m1/s1. The number of fused-ring (bicyclic) bond motifs is 1. The van der Waals surface area contributed by atoms with Crippen LogP contribution in [-0.2, 0) is 4.79 Å². The second kappa shape index (κ2) is 5.75. The summed E-state index contributed by atoms with van der Waals surface area (Å²) in [4.78, 5) is 11.8. The van der Waals surface area contributed by atoms with Gasteiger partial charge < -0.3 is 5.32 Å². The molecule has 8 heteroatoms. The Kier molecular flexibility index (Phi) is 3.59. The van der Waals surface area contributed by atoms with E-state index in [0.29, 0.717) is 16.6 Å². The van der Waals surface area contributed by atoms with Crippen LogP contribution in [0, 0.1) is 0 Å². The quantitative estimate of drug-likeness (QED) is 0.665. The molecule has 3 heterocycles. The second-order valence-electron chi connectivity index (χ2n) is 5.15. The number of aromatic nitrogens is 4. The van der Waals surface area contributed by atoms with E-state index in [1.165, 1.54) is 0 Å². The van der Waals surface area contributed by atoms with Gasteiger partial charge in [0.05, 0.1) is 29.1 Å². The first-order valence-corrected chi connectivity index (χ1v) is 8.39. The molecule has 0 saturated carbocycles. The molecule has 1 aromatic carbocycles. The highest BCUT2D eigenvalue weighted by Crippen LogP contribution is 2.43. The third-order valence-electron chi connectivity index (χ3n) is 3.68. The first kappa shape index (κ1) is 14.3. The van der Waals surface area contributed by atoms with E-state index in [-0.39, 0.29) is 11.2 Å². The molecular weight excluding hydrogens is 334 g/mol. The van der Waals surface area contributed by atoms with E-state index < -0.39 is 0 Å². The lowest BCUT2D eigenvalue weighted by Crippen LogP contribution is -2.12. The Labute approximate surface area is 141 Å². The molecular formula is C15H12ClN5OS. The summed E-state index contributed by atoms with van der Waals surface area (Å²) in [6.07, 6.45) is 3.55. The molecule has 0 bridgehead atoms. The largest absolute Gasteiger partial charge is 0.310 e. The van der Waals surface area contributed by atoms with Crippen LogP contribution in [-0.4, -0.2) is 32.1 Å². The van der Waals surface area contributed by atoms with E-state index in [1.54, 1.807) is 24.2 Å². The molecule has 6 nitrogen and oxygen atoms in total. The van der Waals surface area contributed by atoms with Crippen molar-refractivity contribution in [2.75, 3.05) is 11.1 Å². The lowest BCUT2D eigenvalue weighted by molar-refractivity contribution is -0.113. The Balaban J connectivity index is 1.79. The molecule has 23 heavy (non-hydrogen) atoms. The van der Waals surface area contributed by atoms with Gasteiger partial charge in [-0.05, 0) is 17.7 Å². The summed E-state index contributed by atoms with van der Waals surface area (Å²) >= 11 is 7.51. The number of nitrogens with one attached hydrogen (secondary N) is 3. The van der Waals surface area contributed by atoms with Crippen LogP contribution in [0.2, 0.25) is 5.02 Å². The molecule has 116 valence electrons. The smallest absolute Gasteiger partial charge is 0.235 e. The Morgan fingerprint density at radius 3 is 2.65 bits per heavy atom. The fourth-order valence-electron chi connectivity index (χ4n) is 2.62. The molecule has 0 saturated heterocycles. The molecule has 3 aromatic rings. The number of benzene rings is 1. The molecule has 0 aliphatic carbocycles. The zero-order valence-electron chi connectivity index (χ0n) is 11.8. The summed E-state index contributed by atoms with van der Waals surface area (Å²) in [6.45, 7) is 0. The minimum Gasteiger partial charge on any atom is -0.310 e. The minimum absolute atomic E-state index is 0.0351. The van der Waals surface area contributed by atoms with Crippen molar-refractivity contribution in [1.29, 1.82) is 0 Å². The van der Waals surface area contributed by atoms with Crippen molar-refractivity contribution in [3.63, 3.8) is 0 Å². The summed E-state index contributed by atoms with van der Waals surface area (Å²) in [7, 11) is 0. The fraction of sp³-hybridized carbons (Fsp3) is 0.133. The molecule has 3 N–H and O–H groups in total. The molecule has 1 amide bonds. The van der Waals surface area contributed by atoms with E-state index in [4.69, 9.17) is 11.6 Å². The number of carbonyl (C=O) groups excluding carboxylic acids is 1. The number of aromatic amines is 2. The highest BCUT2D eigenvalue weighted by molar-refractivity contribution is 8.00. The van der Waals surface area contributed by atoms with Crippen LogP contribution in [0.25, 0.3) is 11.3 Å². The van der Waals surface area contributed by atoms with Crippen LogP contribution >= 0.6 is 23.4 Å². The van der Waals surface area contributed by atoms with E-state index in [1.807, 2.05) is 24.3 Å². The van der Waals surface area contributed by atoms with Crippen LogP contribution in [0.3, 0.4) is 0 Å². The molecule has 0 radical (unpaired) electrons. The number of anilines is 1. The number of rotatable bonds is 2. The zero-order valence-corrected chi connectivity index (χ0v) is 13.4. The summed E-state index contributed by atoms with van der Waals surface area (Å²) in [5.74, 6) is 0.978. The van der Waals surface area contributed by atoms with Crippen LogP contribution in [0.15, 0.2) is 36.7 Å². The van der Waals surface area contributed by atoms with Crippen molar-refractivity contribution in [1.82, 2.24) is 20.4 Å². The van der Waals surface area contributed by atoms with Gasteiger partial charge in [-0.2, -0.15) is 10.2 Å². The molecule has 0 fully saturated rings. The van der Waals surface area contributed by atoms with Crippen LogP contribution in [0.5, 0.6) is 0 Å². The van der Waals surface area contributed by atoms with Crippen molar-refractivity contribution < 1.29 is 4.79 Å². The molecule has 1 aliphatic heterocycles. The number of nitrogens with zero attached hydrogens (tertiary/aromatic N) is 2. The van der Waals surface area contributed by atoms with Crippen molar-refractivity contribution in [2.24, 2.45) is 0 Å². The van der Waals surface area contributed by atoms with Gasteiger partial charge in [-0.25, -0.2) is 0 Å². The summed E-state index contributed by atoms with van der Waals surface area (Å²) in [5.41, 5.74) is 3.87. The van der Waals surface area contributed by atoms with E-state index in [0.717, 1.165) is 22.4 Å². The van der Waals surface area contributed by atoms with Crippen LogP contribution < -0.4 is 5.32 Å². The van der Waals surface area contributed by atoms with Crippen LogP contribution in [0.4, 0.5) is 5.82 Å². The number of thioether (sulfide) groups is 1. The zero-order chi connectivity index (χ0) is 15.8. The Bertz CT molecular complexity index is 857. The SMILES string of the molecule is O=C1CS[C@H](c2cn[nH]c2-c2ccc(Cl)cc2)c2cn[nH]c2N1. The lowest BCUT2D eigenvalue weighted by Gasteiger charge is -2.13. The highest BCUT2D eigenvalue weighted by atomic mass is 35.5. The monoisotopic (exact) mass is 345 g/mol. The van der Waals surface area contributed by atoms with Crippen molar-refractivity contribution in [3.05, 3.63) is 52.8 Å². The predicted octanol–water partition coefficient (Wildman–Crippen LogP) is 3.23. The van der Waals surface area contributed by atoms with Gasteiger partial charge in [-0.1, -0.05) is 23.7 Å². The van der Waals surface area contributed by atoms with Gasteiger partial charge in [0, 0.05) is 16.1 Å². The third-order valence-corrected chi connectivity index (χ3v) is 5.20. The summed E-state index contributed by atoms with van der Waals surface area (Å²) < 4.78 is 0. The first-order valence-electron chi connectivity index (χ1n) is 6.96. The Morgan fingerprint density at radius 2 is 1.83 bits per heavy atom. The molecule has 0 unspecified atom stereocenters. The van der Waals surface area contributed by atoms with E-state index in [9.17, 15) is 4.79 Å². The molecule has 1 atom stereocenters. The van der Waals surface area contributed by atoms with Crippen molar-refractivity contribution in [3.8, 4) is 11.3 Å². The van der Waals surface area contributed by atoms with Gasteiger partial charge in [0.25, 0.3) is 0 Å². The molecule has 4 rings (SSSR count). The summed E-state index contributed by atoms with van der Waals surface area (Å²) in [6, 6.07) is 7.58. The van der Waals surface area contributed by atoms with Crippen LogP contribution in [0.1, 0.15) is 16.4 Å². The second-order valence-corrected chi connectivity index (χ2v) is 6.68. The number of halogens is 1. The molecule has 1 aliphatic rings. The van der Waals surface area contributed by atoms with Gasteiger partial charge in [0.1, 0.15) is 5.82 Å². The maximum atomic E-state index is 11.8. The van der Waals surface area contributed by atoms with Gasteiger partial charge in [0.15, 0.2) is 0 Å². The third kappa shape index (κ3) is 2.62. The lowest BCUT2D eigenvalue weighted by atomic mass is 10.0. The average molecular weight is 346 g/mol. The van der Waals surface area contributed by atoms with Gasteiger partial charge in [0.2, 0.25) is 5.91 Å². The fourth-order valence-corrected chi connectivity index (χ4v) is 3.85. The number of amides is 1. The van der Waals surface area contributed by atoms with E-state index in [2.05, 4.69) is 25.7 Å². The number of H-pyrrole nitrogens is 2. The van der Waals surface area contributed by atoms with Gasteiger partial charge >= 0.3 is 0 Å². The number of hydrogen-bond acceptors (Lipinski definition) is 4. The number of carbonyl (C=O) groups is 1. The Morgan fingerprint density at radius 1 is 1.09 bits per heavy atom. The minimum atomic E-state index is -0.0421. The Hall–Kier alpha value is -2.25. The highest BCUT2D eigenvalue weighted by Gasteiger charge is 2.28. The average Bonchev–Trinajstić information content (AvgIpc) is 3.16.